The molecule has 2 N–H and O–H groups in total. The molecule has 0 spiro atoms. The van der Waals surface area contributed by atoms with Gasteiger partial charge >= 0.3 is 0 Å². The Bertz CT molecular complexity index is 457. The van der Waals surface area contributed by atoms with Gasteiger partial charge in [0.15, 0.2) is 0 Å². The third kappa shape index (κ3) is 2.27. The lowest BCUT2D eigenvalue weighted by Crippen LogP contribution is -1.97. The summed E-state index contributed by atoms with van der Waals surface area (Å²) in [6.45, 7) is 3.98. The monoisotopic (exact) mass is 216 g/mol. The van der Waals surface area contributed by atoms with Crippen LogP contribution < -0.4 is 5.73 Å². The van der Waals surface area contributed by atoms with Crippen molar-refractivity contribution in [2.75, 3.05) is 0 Å². The number of rotatable bonds is 5. The lowest BCUT2D eigenvalue weighted by atomic mass is 10.1. The predicted molar refractivity (Wildman–Crippen MR) is 69.4 cm³/mol. The first kappa shape index (κ1) is 11.2. The first-order valence-electron chi connectivity index (χ1n) is 6.13. The number of aryl methyl sites for hydroxylation is 1. The Hall–Kier alpha value is -1.28. The third-order valence-corrected chi connectivity index (χ3v) is 3.07. The molecule has 0 aliphatic heterocycles. The quantitative estimate of drug-likeness (QED) is 0.764. The van der Waals surface area contributed by atoms with Crippen LogP contribution in [0.5, 0.6) is 0 Å². The summed E-state index contributed by atoms with van der Waals surface area (Å²) in [5.41, 5.74) is 8.17. The van der Waals surface area contributed by atoms with E-state index < -0.39 is 0 Å². The van der Waals surface area contributed by atoms with E-state index in [0.29, 0.717) is 6.54 Å². The molecule has 0 radical (unpaired) electrons. The van der Waals surface area contributed by atoms with E-state index in [1.165, 1.54) is 35.7 Å². The normalized spacial score (nSPS) is 11.1. The number of hydrogen-bond acceptors (Lipinski definition) is 1. The van der Waals surface area contributed by atoms with Crippen molar-refractivity contribution >= 4 is 10.9 Å². The average Bonchev–Trinajstić information content (AvgIpc) is 2.72. The minimum Gasteiger partial charge on any atom is -0.347 e. The Balaban J connectivity index is 2.20. The third-order valence-electron chi connectivity index (χ3n) is 3.07. The van der Waals surface area contributed by atoms with Crippen LogP contribution >= 0.6 is 0 Å². The Morgan fingerprint density at radius 3 is 2.81 bits per heavy atom. The first-order chi connectivity index (χ1) is 7.85. The molecular formula is C14H20N2. The van der Waals surface area contributed by atoms with Crippen LogP contribution in [0.15, 0.2) is 30.5 Å². The summed E-state index contributed by atoms with van der Waals surface area (Å²) in [4.78, 5) is 0. The molecule has 2 nitrogen and oxygen atoms in total. The molecule has 86 valence electrons. The van der Waals surface area contributed by atoms with Crippen LogP contribution in [0.4, 0.5) is 0 Å². The van der Waals surface area contributed by atoms with E-state index in [1.807, 2.05) is 0 Å². The van der Waals surface area contributed by atoms with Crippen LogP contribution in [0.3, 0.4) is 0 Å². The van der Waals surface area contributed by atoms with E-state index in [4.69, 9.17) is 5.73 Å². The van der Waals surface area contributed by atoms with Crippen molar-refractivity contribution in [1.29, 1.82) is 0 Å². The summed E-state index contributed by atoms with van der Waals surface area (Å²) in [5.74, 6) is 0. The van der Waals surface area contributed by atoms with Crippen LogP contribution in [0.2, 0.25) is 0 Å². The largest absolute Gasteiger partial charge is 0.347 e. The minimum atomic E-state index is 0.622. The van der Waals surface area contributed by atoms with Gasteiger partial charge in [-0.05, 0) is 35.6 Å². The van der Waals surface area contributed by atoms with Crippen molar-refractivity contribution < 1.29 is 0 Å². The van der Waals surface area contributed by atoms with Gasteiger partial charge in [0.1, 0.15) is 0 Å². The van der Waals surface area contributed by atoms with Gasteiger partial charge in [0, 0.05) is 24.8 Å². The second-order valence-corrected chi connectivity index (χ2v) is 4.31. The van der Waals surface area contributed by atoms with E-state index in [-0.39, 0.29) is 0 Å². The number of nitrogens with zero attached hydrogens (tertiary/aromatic N) is 1. The molecule has 0 saturated carbocycles. The van der Waals surface area contributed by atoms with Crippen molar-refractivity contribution in [1.82, 2.24) is 4.57 Å². The molecule has 0 bridgehead atoms. The standard InChI is InChI=1S/C14H20N2/c1-2-3-4-8-16-9-7-13-10-12(11-15)5-6-14(13)16/h5-7,9-10H,2-4,8,11,15H2,1H3. The van der Waals surface area contributed by atoms with Crippen molar-refractivity contribution in [2.24, 2.45) is 5.73 Å². The lowest BCUT2D eigenvalue weighted by Gasteiger charge is -2.05. The van der Waals surface area contributed by atoms with Gasteiger partial charge in [0.2, 0.25) is 0 Å². The molecule has 0 amide bonds. The van der Waals surface area contributed by atoms with Gasteiger partial charge in [-0.2, -0.15) is 0 Å². The van der Waals surface area contributed by atoms with Gasteiger partial charge in [-0.15, -0.1) is 0 Å². The molecule has 0 fully saturated rings. The van der Waals surface area contributed by atoms with Crippen molar-refractivity contribution in [2.45, 2.75) is 39.3 Å². The van der Waals surface area contributed by atoms with Gasteiger partial charge < -0.3 is 10.3 Å². The van der Waals surface area contributed by atoms with E-state index >= 15 is 0 Å². The molecule has 1 aromatic carbocycles. The Morgan fingerprint density at radius 1 is 1.19 bits per heavy atom. The van der Waals surface area contributed by atoms with Crippen LogP contribution in [0.1, 0.15) is 31.7 Å². The lowest BCUT2D eigenvalue weighted by molar-refractivity contribution is 0.616. The molecule has 1 aromatic heterocycles. The zero-order valence-corrected chi connectivity index (χ0v) is 9.95. The second kappa shape index (κ2) is 5.17. The van der Waals surface area contributed by atoms with E-state index in [1.54, 1.807) is 0 Å². The summed E-state index contributed by atoms with van der Waals surface area (Å²) in [7, 11) is 0. The summed E-state index contributed by atoms with van der Waals surface area (Å²) < 4.78 is 2.34. The molecule has 2 aromatic rings. The summed E-state index contributed by atoms with van der Waals surface area (Å²) >= 11 is 0. The van der Waals surface area contributed by atoms with Gasteiger partial charge in [-0.1, -0.05) is 25.8 Å². The molecule has 0 saturated heterocycles. The molecule has 2 rings (SSSR count). The first-order valence-corrected chi connectivity index (χ1v) is 6.13. The van der Waals surface area contributed by atoms with E-state index in [2.05, 4.69) is 42.0 Å². The molecule has 16 heavy (non-hydrogen) atoms. The van der Waals surface area contributed by atoms with Crippen molar-refractivity contribution in [3.05, 3.63) is 36.0 Å². The van der Waals surface area contributed by atoms with Crippen molar-refractivity contribution in [3.63, 3.8) is 0 Å². The van der Waals surface area contributed by atoms with Crippen molar-refractivity contribution in [3.8, 4) is 0 Å². The minimum absolute atomic E-state index is 0.622. The smallest absolute Gasteiger partial charge is 0.0480 e. The maximum absolute atomic E-state index is 5.64. The zero-order valence-electron chi connectivity index (χ0n) is 9.95. The number of hydrogen-bond donors (Lipinski definition) is 1. The topological polar surface area (TPSA) is 30.9 Å². The molecule has 0 aliphatic rings. The molecule has 0 atom stereocenters. The fraction of sp³-hybridized carbons (Fsp3) is 0.429. The predicted octanol–water partition coefficient (Wildman–Crippen LogP) is 3.29. The second-order valence-electron chi connectivity index (χ2n) is 4.31. The SMILES string of the molecule is CCCCCn1ccc2cc(CN)ccc21. The van der Waals surface area contributed by atoms with Crippen LogP contribution in [0, 0.1) is 0 Å². The average molecular weight is 216 g/mol. The molecule has 0 unspecified atom stereocenters. The van der Waals surface area contributed by atoms with E-state index in [9.17, 15) is 0 Å². The van der Waals surface area contributed by atoms with Gasteiger partial charge in [-0.3, -0.25) is 0 Å². The summed E-state index contributed by atoms with van der Waals surface area (Å²) in [6.07, 6.45) is 6.02. The number of benzene rings is 1. The maximum Gasteiger partial charge on any atom is 0.0480 e. The van der Waals surface area contributed by atoms with Crippen LogP contribution in [-0.4, -0.2) is 4.57 Å². The highest BCUT2D eigenvalue weighted by molar-refractivity contribution is 5.80. The fourth-order valence-electron chi connectivity index (χ4n) is 2.10. The highest BCUT2D eigenvalue weighted by atomic mass is 14.9. The molecular weight excluding hydrogens is 196 g/mol. The van der Waals surface area contributed by atoms with Gasteiger partial charge in [0.05, 0.1) is 0 Å². The Labute approximate surface area is 97.1 Å². The number of unbranched alkanes of at least 4 members (excludes halogenated alkanes) is 2. The number of fused-ring (bicyclic) bond motifs is 1. The van der Waals surface area contributed by atoms with Gasteiger partial charge in [0.25, 0.3) is 0 Å². The van der Waals surface area contributed by atoms with Gasteiger partial charge in [-0.25, -0.2) is 0 Å². The summed E-state index contributed by atoms with van der Waals surface area (Å²) in [5, 5.41) is 1.31. The highest BCUT2D eigenvalue weighted by Crippen LogP contribution is 2.18. The number of nitrogens with two attached hydrogens (primary N) is 1. The molecule has 0 aliphatic carbocycles. The number of aromatic nitrogens is 1. The van der Waals surface area contributed by atoms with Crippen LogP contribution in [0.25, 0.3) is 10.9 Å². The fourth-order valence-corrected chi connectivity index (χ4v) is 2.10. The van der Waals surface area contributed by atoms with E-state index in [0.717, 1.165) is 6.54 Å². The Kier molecular flexibility index (Phi) is 3.62. The maximum atomic E-state index is 5.64. The zero-order chi connectivity index (χ0) is 11.4. The highest BCUT2D eigenvalue weighted by Gasteiger charge is 2.01. The molecule has 2 heteroatoms. The van der Waals surface area contributed by atoms with Crippen LogP contribution in [-0.2, 0) is 13.1 Å². The summed E-state index contributed by atoms with van der Waals surface area (Å²) in [6, 6.07) is 8.67. The molecule has 1 heterocycles. The Morgan fingerprint density at radius 2 is 2.06 bits per heavy atom.